The van der Waals surface area contributed by atoms with Crippen LogP contribution < -0.4 is 11.1 Å². The van der Waals surface area contributed by atoms with Crippen molar-refractivity contribution in [2.24, 2.45) is 0 Å². The van der Waals surface area contributed by atoms with Gasteiger partial charge in [-0.2, -0.15) is 0 Å². The Morgan fingerprint density at radius 2 is 2.24 bits per heavy atom. The van der Waals surface area contributed by atoms with Gasteiger partial charge in [0.2, 0.25) is 5.91 Å². The molecule has 0 aliphatic carbocycles. The Bertz CT molecular complexity index is 638. The lowest BCUT2D eigenvalue weighted by Crippen LogP contribution is -2.13. The Balaban J connectivity index is 1.82. The molecule has 0 bridgehead atoms. The van der Waals surface area contributed by atoms with E-state index in [2.05, 4.69) is 10.3 Å². The maximum Gasteiger partial charge on any atom is 0.256 e. The summed E-state index contributed by atoms with van der Waals surface area (Å²) in [4.78, 5) is 16.1. The minimum absolute atomic E-state index is 0.114. The van der Waals surface area contributed by atoms with E-state index in [1.807, 2.05) is 13.8 Å². The lowest BCUT2D eigenvalue weighted by atomic mass is 10.2. The molecule has 7 heteroatoms. The van der Waals surface area contributed by atoms with Gasteiger partial charge in [0.15, 0.2) is 0 Å². The second-order valence-corrected chi connectivity index (χ2v) is 5.98. The molecule has 5 nitrogen and oxygen atoms in total. The standard InChI is InChI=1S/C14H16ClN3O2S/c1-8-9(2)20-14(17-8)21-6-5-13(19)18-12-4-3-10(15)7-11(12)16/h3-4,7H,5-6,16H2,1-2H3,(H,18,19). The molecule has 1 amide bonds. The summed E-state index contributed by atoms with van der Waals surface area (Å²) in [5, 5.41) is 3.88. The molecule has 0 unspecified atom stereocenters. The quantitative estimate of drug-likeness (QED) is 0.648. The summed E-state index contributed by atoms with van der Waals surface area (Å²) in [5.41, 5.74) is 7.66. The van der Waals surface area contributed by atoms with Crippen LogP contribution in [0.3, 0.4) is 0 Å². The third-order valence-electron chi connectivity index (χ3n) is 2.85. The van der Waals surface area contributed by atoms with E-state index < -0.39 is 0 Å². The van der Waals surface area contributed by atoms with E-state index in [-0.39, 0.29) is 5.91 Å². The number of aromatic nitrogens is 1. The van der Waals surface area contributed by atoms with Crippen molar-refractivity contribution < 1.29 is 9.21 Å². The molecule has 21 heavy (non-hydrogen) atoms. The number of nitrogens with one attached hydrogen (secondary N) is 1. The SMILES string of the molecule is Cc1nc(SCCC(=O)Nc2ccc(Cl)cc2N)oc1C. The predicted octanol–water partition coefficient (Wildman–Crippen LogP) is 3.65. The number of aryl methyl sites for hydroxylation is 2. The van der Waals surface area contributed by atoms with Gasteiger partial charge in [-0.25, -0.2) is 4.98 Å². The zero-order valence-electron chi connectivity index (χ0n) is 11.8. The third kappa shape index (κ3) is 4.41. The summed E-state index contributed by atoms with van der Waals surface area (Å²) >= 11 is 7.22. The van der Waals surface area contributed by atoms with Gasteiger partial charge >= 0.3 is 0 Å². The molecule has 112 valence electrons. The van der Waals surface area contributed by atoms with Crippen LogP contribution in [0.2, 0.25) is 5.02 Å². The average Bonchev–Trinajstić information content (AvgIpc) is 2.72. The molecule has 0 radical (unpaired) electrons. The van der Waals surface area contributed by atoms with Crippen LogP contribution >= 0.6 is 23.4 Å². The van der Waals surface area contributed by atoms with Crippen LogP contribution in [0.25, 0.3) is 0 Å². The molecule has 0 spiro atoms. The number of halogens is 1. The Morgan fingerprint density at radius 1 is 1.48 bits per heavy atom. The fourth-order valence-corrected chi connectivity index (χ4v) is 2.62. The van der Waals surface area contributed by atoms with Crippen LogP contribution in [0.5, 0.6) is 0 Å². The molecule has 1 heterocycles. The van der Waals surface area contributed by atoms with Gasteiger partial charge in [-0.3, -0.25) is 4.79 Å². The molecule has 0 saturated heterocycles. The number of nitrogen functional groups attached to an aromatic ring is 1. The third-order valence-corrected chi connectivity index (χ3v) is 3.92. The van der Waals surface area contributed by atoms with Crippen LogP contribution in [0.1, 0.15) is 17.9 Å². The number of oxazole rings is 1. The molecule has 0 aliphatic heterocycles. The van der Waals surface area contributed by atoms with Gasteiger partial charge < -0.3 is 15.5 Å². The summed E-state index contributed by atoms with van der Waals surface area (Å²) < 4.78 is 5.43. The molecule has 0 aliphatic rings. The second-order valence-electron chi connectivity index (χ2n) is 4.50. The number of anilines is 2. The molecule has 1 aromatic heterocycles. The topological polar surface area (TPSA) is 81.2 Å². The molecule has 2 rings (SSSR count). The van der Waals surface area contributed by atoms with Crippen molar-refractivity contribution in [3.8, 4) is 0 Å². The fourth-order valence-electron chi connectivity index (χ4n) is 1.60. The van der Waals surface area contributed by atoms with Crippen molar-refractivity contribution in [3.63, 3.8) is 0 Å². The number of rotatable bonds is 5. The van der Waals surface area contributed by atoms with Crippen LogP contribution in [0.15, 0.2) is 27.8 Å². The number of hydrogen-bond acceptors (Lipinski definition) is 5. The zero-order chi connectivity index (χ0) is 15.4. The predicted molar refractivity (Wildman–Crippen MR) is 85.8 cm³/mol. The number of carbonyl (C=O) groups excluding carboxylic acids is 1. The number of benzene rings is 1. The normalized spacial score (nSPS) is 10.6. The van der Waals surface area contributed by atoms with Gasteiger partial charge in [-0.05, 0) is 32.0 Å². The zero-order valence-corrected chi connectivity index (χ0v) is 13.3. The summed E-state index contributed by atoms with van der Waals surface area (Å²) in [6.45, 7) is 3.75. The van der Waals surface area contributed by atoms with E-state index in [0.29, 0.717) is 33.8 Å². The highest BCUT2D eigenvalue weighted by Gasteiger charge is 2.09. The molecular weight excluding hydrogens is 310 g/mol. The van der Waals surface area contributed by atoms with Crippen LogP contribution in [-0.2, 0) is 4.79 Å². The first kappa shape index (κ1) is 15.7. The van der Waals surface area contributed by atoms with Gasteiger partial charge in [0.1, 0.15) is 5.76 Å². The van der Waals surface area contributed by atoms with E-state index in [0.717, 1.165) is 11.5 Å². The van der Waals surface area contributed by atoms with E-state index in [4.69, 9.17) is 21.8 Å². The van der Waals surface area contributed by atoms with Crippen LogP contribution in [-0.4, -0.2) is 16.6 Å². The second kappa shape index (κ2) is 6.87. The smallest absolute Gasteiger partial charge is 0.256 e. The lowest BCUT2D eigenvalue weighted by Gasteiger charge is -2.07. The van der Waals surface area contributed by atoms with Crippen molar-refractivity contribution in [2.45, 2.75) is 25.5 Å². The summed E-state index contributed by atoms with van der Waals surface area (Å²) in [7, 11) is 0. The molecule has 0 fully saturated rings. The molecular formula is C14H16ClN3O2S. The fraction of sp³-hybridized carbons (Fsp3) is 0.286. The number of amides is 1. The van der Waals surface area contributed by atoms with Crippen molar-refractivity contribution >= 4 is 40.6 Å². The lowest BCUT2D eigenvalue weighted by molar-refractivity contribution is -0.115. The molecule has 2 aromatic rings. The van der Waals surface area contributed by atoms with Gasteiger partial charge in [0, 0.05) is 17.2 Å². The monoisotopic (exact) mass is 325 g/mol. The van der Waals surface area contributed by atoms with E-state index in [9.17, 15) is 4.79 Å². The maximum absolute atomic E-state index is 11.8. The van der Waals surface area contributed by atoms with Crippen LogP contribution in [0, 0.1) is 13.8 Å². The van der Waals surface area contributed by atoms with Crippen molar-refractivity contribution in [1.29, 1.82) is 0 Å². The van der Waals surface area contributed by atoms with E-state index in [1.54, 1.807) is 18.2 Å². The largest absolute Gasteiger partial charge is 0.437 e. The summed E-state index contributed by atoms with van der Waals surface area (Å²) in [6.07, 6.45) is 0.340. The van der Waals surface area contributed by atoms with Gasteiger partial charge in [-0.1, -0.05) is 23.4 Å². The first-order chi connectivity index (χ1) is 9.95. The highest BCUT2D eigenvalue weighted by atomic mass is 35.5. The first-order valence-electron chi connectivity index (χ1n) is 6.37. The van der Waals surface area contributed by atoms with Crippen molar-refractivity contribution in [2.75, 3.05) is 16.8 Å². The Labute approximate surface area is 132 Å². The van der Waals surface area contributed by atoms with Crippen molar-refractivity contribution in [1.82, 2.24) is 4.98 Å². The number of nitrogens with two attached hydrogens (primary N) is 1. The van der Waals surface area contributed by atoms with Gasteiger partial charge in [0.25, 0.3) is 5.22 Å². The number of thioether (sulfide) groups is 1. The number of carbonyl (C=O) groups is 1. The van der Waals surface area contributed by atoms with Crippen molar-refractivity contribution in [3.05, 3.63) is 34.7 Å². The minimum atomic E-state index is -0.114. The van der Waals surface area contributed by atoms with Crippen LogP contribution in [0.4, 0.5) is 11.4 Å². The number of hydrogen-bond donors (Lipinski definition) is 2. The number of nitrogens with zero attached hydrogens (tertiary/aromatic N) is 1. The maximum atomic E-state index is 11.8. The highest BCUT2D eigenvalue weighted by Crippen LogP contribution is 2.24. The Hall–Kier alpha value is -1.66. The highest BCUT2D eigenvalue weighted by molar-refractivity contribution is 7.99. The molecule has 0 saturated carbocycles. The molecule has 0 atom stereocenters. The minimum Gasteiger partial charge on any atom is -0.437 e. The van der Waals surface area contributed by atoms with E-state index >= 15 is 0 Å². The Morgan fingerprint density at radius 3 is 2.86 bits per heavy atom. The molecule has 3 N–H and O–H groups in total. The van der Waals surface area contributed by atoms with E-state index in [1.165, 1.54) is 11.8 Å². The van der Waals surface area contributed by atoms with Gasteiger partial charge in [-0.15, -0.1) is 0 Å². The molecule has 1 aromatic carbocycles. The average molecular weight is 326 g/mol. The summed E-state index contributed by atoms with van der Waals surface area (Å²) in [6, 6.07) is 4.97. The Kier molecular flexibility index (Phi) is 5.14. The first-order valence-corrected chi connectivity index (χ1v) is 7.74. The van der Waals surface area contributed by atoms with Gasteiger partial charge in [0.05, 0.1) is 17.1 Å². The summed E-state index contributed by atoms with van der Waals surface area (Å²) in [5.74, 6) is 1.27.